The quantitative estimate of drug-likeness (QED) is 0.926. The Morgan fingerprint density at radius 2 is 1.42 bits per heavy atom. The van der Waals surface area contributed by atoms with Crippen LogP contribution in [0.15, 0.2) is 42.7 Å². The minimum absolute atomic E-state index is 0.0133. The molecule has 2 heterocycles. The monoisotopic (exact) mass is 329 g/mol. The van der Waals surface area contributed by atoms with Crippen LogP contribution in [0.5, 0.6) is 0 Å². The Bertz CT molecular complexity index is 690. The molecule has 0 saturated carbocycles. The molecule has 126 valence electrons. The van der Waals surface area contributed by atoms with Gasteiger partial charge in [0.1, 0.15) is 5.82 Å². The maximum absolute atomic E-state index is 12.9. The van der Waals surface area contributed by atoms with E-state index in [-0.39, 0.29) is 24.1 Å². The van der Waals surface area contributed by atoms with Crippen molar-refractivity contribution in [2.24, 2.45) is 0 Å². The highest BCUT2D eigenvalue weighted by Crippen LogP contribution is 2.10. The van der Waals surface area contributed by atoms with E-state index in [4.69, 9.17) is 0 Å². The molecule has 1 aromatic carbocycles. The summed E-state index contributed by atoms with van der Waals surface area (Å²) in [5.74, 6) is -0.208. The Labute approximate surface area is 140 Å². The number of halogens is 1. The molecule has 0 bridgehead atoms. The smallest absolute Gasteiger partial charge is 0.227 e. The fraction of sp³-hybridized carbons (Fsp3) is 0.333. The zero-order valence-electron chi connectivity index (χ0n) is 13.4. The van der Waals surface area contributed by atoms with Gasteiger partial charge >= 0.3 is 0 Å². The molecule has 1 aliphatic rings. The number of benzene rings is 1. The zero-order chi connectivity index (χ0) is 16.9. The van der Waals surface area contributed by atoms with Crippen molar-refractivity contribution in [2.45, 2.75) is 12.8 Å². The lowest BCUT2D eigenvalue weighted by Gasteiger charge is -2.35. The molecule has 0 atom stereocenters. The molecule has 0 unspecified atom stereocenters. The highest BCUT2D eigenvalue weighted by Gasteiger charge is 2.24. The standard InChI is InChI=1S/C18H20FN3O2/c19-16-3-1-14(2-4-16)11-17(23)21-7-9-22(10-8-21)18(24)12-15-5-6-20-13-15/h1-6,13,20H,7-12H2. The van der Waals surface area contributed by atoms with E-state index in [9.17, 15) is 14.0 Å². The lowest BCUT2D eigenvalue weighted by atomic mass is 10.1. The molecular weight excluding hydrogens is 309 g/mol. The number of rotatable bonds is 4. The molecule has 24 heavy (non-hydrogen) atoms. The van der Waals surface area contributed by atoms with E-state index in [0.29, 0.717) is 32.6 Å². The second kappa shape index (κ2) is 7.29. The molecule has 1 fully saturated rings. The van der Waals surface area contributed by atoms with Gasteiger partial charge in [-0.3, -0.25) is 9.59 Å². The molecule has 0 radical (unpaired) electrons. The number of piperazine rings is 1. The van der Waals surface area contributed by atoms with Crippen LogP contribution in [-0.4, -0.2) is 52.8 Å². The van der Waals surface area contributed by atoms with Crippen molar-refractivity contribution < 1.29 is 14.0 Å². The van der Waals surface area contributed by atoms with Crippen molar-refractivity contribution in [3.05, 3.63) is 59.7 Å². The minimum atomic E-state index is -0.305. The molecule has 2 aromatic rings. The Hall–Kier alpha value is -2.63. The number of aromatic amines is 1. The van der Waals surface area contributed by atoms with Crippen molar-refractivity contribution in [3.8, 4) is 0 Å². The van der Waals surface area contributed by atoms with Gasteiger partial charge in [-0.2, -0.15) is 0 Å². The van der Waals surface area contributed by atoms with Gasteiger partial charge in [-0.15, -0.1) is 0 Å². The summed E-state index contributed by atoms with van der Waals surface area (Å²) in [6.07, 6.45) is 4.26. The van der Waals surface area contributed by atoms with Crippen LogP contribution in [0.1, 0.15) is 11.1 Å². The maximum Gasteiger partial charge on any atom is 0.227 e. The fourth-order valence-electron chi connectivity index (χ4n) is 2.85. The lowest BCUT2D eigenvalue weighted by molar-refractivity contribution is -0.138. The van der Waals surface area contributed by atoms with E-state index in [1.54, 1.807) is 28.1 Å². The van der Waals surface area contributed by atoms with Crippen LogP contribution in [0.4, 0.5) is 4.39 Å². The summed E-state index contributed by atoms with van der Waals surface area (Å²) < 4.78 is 12.9. The summed E-state index contributed by atoms with van der Waals surface area (Å²) in [6.45, 7) is 2.19. The van der Waals surface area contributed by atoms with E-state index < -0.39 is 0 Å². The van der Waals surface area contributed by atoms with E-state index in [1.165, 1.54) is 12.1 Å². The predicted octanol–water partition coefficient (Wildman–Crippen LogP) is 1.61. The average Bonchev–Trinajstić information content (AvgIpc) is 3.10. The van der Waals surface area contributed by atoms with Gasteiger partial charge in [-0.25, -0.2) is 4.39 Å². The van der Waals surface area contributed by atoms with Crippen molar-refractivity contribution >= 4 is 11.8 Å². The van der Waals surface area contributed by atoms with Gasteiger partial charge < -0.3 is 14.8 Å². The number of carbonyl (C=O) groups is 2. The van der Waals surface area contributed by atoms with Gasteiger partial charge in [-0.05, 0) is 29.3 Å². The van der Waals surface area contributed by atoms with Gasteiger partial charge in [0.25, 0.3) is 0 Å². The summed E-state index contributed by atoms with van der Waals surface area (Å²) in [5.41, 5.74) is 1.77. The average molecular weight is 329 g/mol. The molecular formula is C18H20FN3O2. The molecule has 1 aliphatic heterocycles. The van der Waals surface area contributed by atoms with Crippen LogP contribution in [0.2, 0.25) is 0 Å². The van der Waals surface area contributed by atoms with E-state index in [0.717, 1.165) is 11.1 Å². The highest BCUT2D eigenvalue weighted by molar-refractivity contribution is 5.81. The number of amides is 2. The van der Waals surface area contributed by atoms with E-state index in [1.807, 2.05) is 12.3 Å². The summed E-state index contributed by atoms with van der Waals surface area (Å²) in [6, 6.07) is 7.87. The van der Waals surface area contributed by atoms with Crippen LogP contribution < -0.4 is 0 Å². The van der Waals surface area contributed by atoms with Crippen molar-refractivity contribution in [1.82, 2.24) is 14.8 Å². The van der Waals surface area contributed by atoms with Crippen LogP contribution in [0, 0.1) is 5.82 Å². The summed E-state index contributed by atoms with van der Waals surface area (Å²) in [4.78, 5) is 31.1. The fourth-order valence-corrected chi connectivity index (χ4v) is 2.85. The third-order valence-electron chi connectivity index (χ3n) is 4.27. The van der Waals surface area contributed by atoms with E-state index in [2.05, 4.69) is 4.98 Å². The van der Waals surface area contributed by atoms with Gasteiger partial charge in [0.05, 0.1) is 12.8 Å². The van der Waals surface area contributed by atoms with Crippen molar-refractivity contribution in [2.75, 3.05) is 26.2 Å². The van der Waals surface area contributed by atoms with Gasteiger partial charge in [0.15, 0.2) is 0 Å². The highest BCUT2D eigenvalue weighted by atomic mass is 19.1. The summed E-state index contributed by atoms with van der Waals surface area (Å²) >= 11 is 0. The number of hydrogen-bond acceptors (Lipinski definition) is 2. The molecule has 2 amide bonds. The number of hydrogen-bond donors (Lipinski definition) is 1. The molecule has 6 heteroatoms. The Morgan fingerprint density at radius 1 is 0.875 bits per heavy atom. The molecule has 3 rings (SSSR count). The first-order chi connectivity index (χ1) is 11.6. The number of nitrogens with one attached hydrogen (secondary N) is 1. The predicted molar refractivity (Wildman–Crippen MR) is 87.8 cm³/mol. The van der Waals surface area contributed by atoms with Crippen LogP contribution in [0.25, 0.3) is 0 Å². The Kier molecular flexibility index (Phi) is 4.93. The van der Waals surface area contributed by atoms with Gasteiger partial charge in [-0.1, -0.05) is 12.1 Å². The Balaban J connectivity index is 1.48. The van der Waals surface area contributed by atoms with Crippen LogP contribution >= 0.6 is 0 Å². The second-order valence-electron chi connectivity index (χ2n) is 5.96. The normalized spacial score (nSPS) is 14.7. The zero-order valence-corrected chi connectivity index (χ0v) is 13.4. The number of nitrogens with zero attached hydrogens (tertiary/aromatic N) is 2. The van der Waals surface area contributed by atoms with Crippen LogP contribution in [0.3, 0.4) is 0 Å². The molecule has 0 aliphatic carbocycles. The first kappa shape index (κ1) is 16.2. The first-order valence-corrected chi connectivity index (χ1v) is 8.03. The van der Waals surface area contributed by atoms with Gasteiger partial charge in [0.2, 0.25) is 11.8 Å². The molecule has 0 spiro atoms. The first-order valence-electron chi connectivity index (χ1n) is 8.03. The number of aromatic nitrogens is 1. The summed E-state index contributed by atoms with van der Waals surface area (Å²) in [7, 11) is 0. The van der Waals surface area contributed by atoms with Crippen LogP contribution in [-0.2, 0) is 22.4 Å². The maximum atomic E-state index is 12.9. The summed E-state index contributed by atoms with van der Waals surface area (Å²) in [5, 5.41) is 0. The van der Waals surface area contributed by atoms with Crippen molar-refractivity contribution in [1.29, 1.82) is 0 Å². The third kappa shape index (κ3) is 4.01. The largest absolute Gasteiger partial charge is 0.367 e. The number of carbonyl (C=O) groups excluding carboxylic acids is 2. The molecule has 5 nitrogen and oxygen atoms in total. The Morgan fingerprint density at radius 3 is 1.92 bits per heavy atom. The van der Waals surface area contributed by atoms with Crippen molar-refractivity contribution in [3.63, 3.8) is 0 Å². The molecule has 1 aromatic heterocycles. The van der Waals surface area contributed by atoms with E-state index >= 15 is 0 Å². The van der Waals surface area contributed by atoms with Gasteiger partial charge in [0, 0.05) is 38.6 Å². The number of H-pyrrole nitrogens is 1. The second-order valence-corrected chi connectivity index (χ2v) is 5.96. The lowest BCUT2D eigenvalue weighted by Crippen LogP contribution is -2.51. The topological polar surface area (TPSA) is 56.4 Å². The molecule has 1 saturated heterocycles. The SMILES string of the molecule is O=C(Cc1ccc(F)cc1)N1CCN(C(=O)Cc2cc[nH]c2)CC1. The minimum Gasteiger partial charge on any atom is -0.367 e. The molecule has 1 N–H and O–H groups in total. The third-order valence-corrected chi connectivity index (χ3v) is 4.27.